The van der Waals surface area contributed by atoms with E-state index in [1.807, 2.05) is 19.1 Å². The molecule has 0 spiro atoms. The number of H-pyrrole nitrogens is 1. The molecule has 3 N–H and O–H groups in total. The molecule has 25 heavy (non-hydrogen) atoms. The third kappa shape index (κ3) is 3.71. The van der Waals surface area contributed by atoms with Crippen LogP contribution in [0.15, 0.2) is 42.5 Å². The predicted octanol–water partition coefficient (Wildman–Crippen LogP) is 5.44. The SMILES string of the molecule is Cc1ccc2[nH]c(-c3ccc(C(F)(F)F)cc3)c(CCCCN)c2c1. The van der Waals surface area contributed by atoms with E-state index in [9.17, 15) is 13.2 Å². The molecule has 2 nitrogen and oxygen atoms in total. The summed E-state index contributed by atoms with van der Waals surface area (Å²) in [5.41, 5.74) is 9.93. The zero-order chi connectivity index (χ0) is 18.0. The van der Waals surface area contributed by atoms with Crippen molar-refractivity contribution in [2.45, 2.75) is 32.4 Å². The molecule has 0 aliphatic carbocycles. The maximum atomic E-state index is 12.8. The van der Waals surface area contributed by atoms with E-state index in [1.54, 1.807) is 0 Å². The lowest BCUT2D eigenvalue weighted by Crippen LogP contribution is -2.04. The van der Waals surface area contributed by atoms with E-state index in [2.05, 4.69) is 11.1 Å². The largest absolute Gasteiger partial charge is 0.416 e. The van der Waals surface area contributed by atoms with Crippen LogP contribution in [0, 0.1) is 6.92 Å². The van der Waals surface area contributed by atoms with Gasteiger partial charge in [0.15, 0.2) is 0 Å². The van der Waals surface area contributed by atoms with Crippen LogP contribution in [0.2, 0.25) is 0 Å². The van der Waals surface area contributed by atoms with Gasteiger partial charge in [0.1, 0.15) is 0 Å². The number of benzene rings is 2. The van der Waals surface area contributed by atoms with Crippen molar-refractivity contribution in [2.24, 2.45) is 5.73 Å². The zero-order valence-corrected chi connectivity index (χ0v) is 14.1. The minimum absolute atomic E-state index is 0.632. The summed E-state index contributed by atoms with van der Waals surface area (Å²) >= 11 is 0. The van der Waals surface area contributed by atoms with Gasteiger partial charge in [-0.1, -0.05) is 23.8 Å². The quantitative estimate of drug-likeness (QED) is 0.593. The zero-order valence-electron chi connectivity index (χ0n) is 14.1. The van der Waals surface area contributed by atoms with Crippen molar-refractivity contribution in [1.82, 2.24) is 4.98 Å². The molecule has 0 aliphatic heterocycles. The van der Waals surface area contributed by atoms with Crippen LogP contribution >= 0.6 is 0 Å². The van der Waals surface area contributed by atoms with Crippen LogP contribution in [0.1, 0.15) is 29.5 Å². The normalized spacial score (nSPS) is 12.0. The molecule has 2 aromatic carbocycles. The van der Waals surface area contributed by atoms with E-state index in [0.717, 1.165) is 64.7 Å². The summed E-state index contributed by atoms with van der Waals surface area (Å²) in [5, 5.41) is 1.13. The molecule has 5 heteroatoms. The number of aryl methyl sites for hydroxylation is 2. The monoisotopic (exact) mass is 346 g/mol. The van der Waals surface area contributed by atoms with Crippen molar-refractivity contribution in [2.75, 3.05) is 6.54 Å². The number of nitrogens with one attached hydrogen (secondary N) is 1. The van der Waals surface area contributed by atoms with E-state index >= 15 is 0 Å². The molecule has 0 amide bonds. The van der Waals surface area contributed by atoms with Crippen LogP contribution in [0.3, 0.4) is 0 Å². The second kappa shape index (κ2) is 6.92. The highest BCUT2D eigenvalue weighted by Crippen LogP contribution is 2.35. The van der Waals surface area contributed by atoms with Gasteiger partial charge in [-0.15, -0.1) is 0 Å². The average Bonchev–Trinajstić information content (AvgIpc) is 2.92. The number of unbranched alkanes of at least 4 members (excludes halogenated alkanes) is 1. The van der Waals surface area contributed by atoms with Crippen LogP contribution in [0.4, 0.5) is 13.2 Å². The average molecular weight is 346 g/mol. The van der Waals surface area contributed by atoms with E-state index in [1.165, 1.54) is 12.1 Å². The van der Waals surface area contributed by atoms with Crippen LogP contribution in [0.5, 0.6) is 0 Å². The molecule has 0 saturated carbocycles. The first-order valence-corrected chi connectivity index (χ1v) is 8.39. The number of rotatable bonds is 5. The molecular weight excluding hydrogens is 325 g/mol. The van der Waals surface area contributed by atoms with Crippen LogP contribution in [0.25, 0.3) is 22.2 Å². The number of fused-ring (bicyclic) bond motifs is 1. The maximum absolute atomic E-state index is 12.8. The Morgan fingerprint density at radius 2 is 1.72 bits per heavy atom. The summed E-state index contributed by atoms with van der Waals surface area (Å²) in [5.74, 6) is 0. The summed E-state index contributed by atoms with van der Waals surface area (Å²) < 4.78 is 38.4. The second-order valence-electron chi connectivity index (χ2n) is 6.35. The Morgan fingerprint density at radius 1 is 1.00 bits per heavy atom. The highest BCUT2D eigenvalue weighted by atomic mass is 19.4. The number of halogens is 3. The van der Waals surface area contributed by atoms with Crippen molar-refractivity contribution < 1.29 is 13.2 Å². The smallest absolute Gasteiger partial charge is 0.354 e. The van der Waals surface area contributed by atoms with E-state index in [0.29, 0.717) is 6.54 Å². The van der Waals surface area contributed by atoms with Gasteiger partial charge in [0.05, 0.1) is 5.56 Å². The lowest BCUT2D eigenvalue weighted by atomic mass is 9.99. The summed E-state index contributed by atoms with van der Waals surface area (Å²) in [7, 11) is 0. The Kier molecular flexibility index (Phi) is 4.86. The number of aromatic amines is 1. The van der Waals surface area contributed by atoms with Gasteiger partial charge < -0.3 is 10.7 Å². The van der Waals surface area contributed by atoms with Crippen molar-refractivity contribution in [3.8, 4) is 11.3 Å². The van der Waals surface area contributed by atoms with Crippen LogP contribution in [-0.2, 0) is 12.6 Å². The Labute approximate surface area is 144 Å². The molecule has 3 rings (SSSR count). The number of hydrogen-bond donors (Lipinski definition) is 2. The van der Waals surface area contributed by atoms with Crippen LogP contribution in [-0.4, -0.2) is 11.5 Å². The molecule has 1 heterocycles. The maximum Gasteiger partial charge on any atom is 0.416 e. The third-order valence-corrected chi connectivity index (χ3v) is 4.44. The molecule has 0 saturated heterocycles. The summed E-state index contributed by atoms with van der Waals surface area (Å²) in [6.45, 7) is 2.67. The number of aromatic nitrogens is 1. The summed E-state index contributed by atoms with van der Waals surface area (Å²) in [6, 6.07) is 11.5. The van der Waals surface area contributed by atoms with Gasteiger partial charge in [0.25, 0.3) is 0 Å². The predicted molar refractivity (Wildman–Crippen MR) is 95.5 cm³/mol. The Morgan fingerprint density at radius 3 is 2.36 bits per heavy atom. The van der Waals surface area contributed by atoms with E-state index in [4.69, 9.17) is 5.73 Å². The highest BCUT2D eigenvalue weighted by molar-refractivity contribution is 5.91. The van der Waals surface area contributed by atoms with Gasteiger partial charge >= 0.3 is 6.18 Å². The lowest BCUT2D eigenvalue weighted by Gasteiger charge is -2.09. The Bertz CT molecular complexity index is 861. The first-order chi connectivity index (χ1) is 11.9. The third-order valence-electron chi connectivity index (χ3n) is 4.44. The molecule has 0 radical (unpaired) electrons. The Balaban J connectivity index is 2.06. The topological polar surface area (TPSA) is 41.8 Å². The van der Waals surface area contributed by atoms with Gasteiger partial charge in [-0.05, 0) is 68.1 Å². The fraction of sp³-hybridized carbons (Fsp3) is 0.300. The summed E-state index contributed by atoms with van der Waals surface area (Å²) in [6.07, 6.45) is -1.60. The standard InChI is InChI=1S/C20H21F3N2/c1-13-5-10-18-17(12-13)16(4-2-3-11-24)19(25-18)14-6-8-15(9-7-14)20(21,22)23/h5-10,12,25H,2-4,11,24H2,1H3. The number of hydrogen-bond acceptors (Lipinski definition) is 1. The molecule has 0 atom stereocenters. The first kappa shape index (κ1) is 17.5. The van der Waals surface area contributed by atoms with E-state index in [-0.39, 0.29) is 0 Å². The van der Waals surface area contributed by atoms with Crippen molar-refractivity contribution in [3.05, 3.63) is 59.2 Å². The van der Waals surface area contributed by atoms with Crippen molar-refractivity contribution in [1.29, 1.82) is 0 Å². The van der Waals surface area contributed by atoms with Gasteiger partial charge in [-0.3, -0.25) is 0 Å². The van der Waals surface area contributed by atoms with E-state index < -0.39 is 11.7 Å². The molecule has 0 fully saturated rings. The van der Waals surface area contributed by atoms with Gasteiger partial charge in [0.2, 0.25) is 0 Å². The van der Waals surface area contributed by atoms with Gasteiger partial charge in [-0.25, -0.2) is 0 Å². The minimum atomic E-state index is -4.32. The molecule has 0 aliphatic rings. The first-order valence-electron chi connectivity index (χ1n) is 8.39. The van der Waals surface area contributed by atoms with Gasteiger partial charge in [-0.2, -0.15) is 13.2 Å². The fourth-order valence-corrected chi connectivity index (χ4v) is 3.14. The molecule has 3 aromatic rings. The fourth-order valence-electron chi connectivity index (χ4n) is 3.14. The number of alkyl halides is 3. The molecule has 1 aromatic heterocycles. The van der Waals surface area contributed by atoms with Crippen LogP contribution < -0.4 is 5.73 Å². The summed E-state index contributed by atoms with van der Waals surface area (Å²) in [4.78, 5) is 3.38. The van der Waals surface area contributed by atoms with Crippen molar-refractivity contribution >= 4 is 10.9 Å². The van der Waals surface area contributed by atoms with Gasteiger partial charge in [0, 0.05) is 16.6 Å². The minimum Gasteiger partial charge on any atom is -0.354 e. The Hall–Kier alpha value is -2.27. The highest BCUT2D eigenvalue weighted by Gasteiger charge is 2.30. The van der Waals surface area contributed by atoms with Crippen molar-refractivity contribution in [3.63, 3.8) is 0 Å². The number of nitrogens with two attached hydrogens (primary N) is 1. The molecule has 0 bridgehead atoms. The molecule has 132 valence electrons. The lowest BCUT2D eigenvalue weighted by molar-refractivity contribution is -0.137. The second-order valence-corrected chi connectivity index (χ2v) is 6.35. The molecule has 0 unspecified atom stereocenters. The molecular formula is C20H21F3N2.